The van der Waals surface area contributed by atoms with E-state index in [0.29, 0.717) is 9.90 Å². The second-order valence-electron chi connectivity index (χ2n) is 4.34. The van der Waals surface area contributed by atoms with E-state index in [0.717, 1.165) is 10.7 Å². The van der Waals surface area contributed by atoms with E-state index in [1.807, 2.05) is 36.2 Å². The maximum atomic E-state index is 11.4. The third-order valence-corrected chi connectivity index (χ3v) is 4.40. The van der Waals surface area contributed by atoms with Crippen LogP contribution >= 0.6 is 22.9 Å². The highest BCUT2D eigenvalue weighted by molar-refractivity contribution is 7.17. The molecule has 20 heavy (non-hydrogen) atoms. The molecule has 0 aliphatic heterocycles. The van der Waals surface area contributed by atoms with Crippen LogP contribution in [0.15, 0.2) is 30.5 Å². The van der Waals surface area contributed by atoms with Gasteiger partial charge < -0.3 is 9.64 Å². The first-order valence-corrected chi connectivity index (χ1v) is 7.25. The van der Waals surface area contributed by atoms with E-state index in [9.17, 15) is 4.79 Å². The number of esters is 1. The summed E-state index contributed by atoms with van der Waals surface area (Å²) in [4.78, 5) is 18.2. The molecule has 1 heterocycles. The van der Waals surface area contributed by atoms with Gasteiger partial charge in [0.1, 0.15) is 4.88 Å². The van der Waals surface area contributed by atoms with Crippen LogP contribution in [-0.2, 0) is 4.74 Å². The average molecular weight is 311 g/mol. The van der Waals surface area contributed by atoms with Crippen LogP contribution in [0.2, 0.25) is 5.02 Å². The van der Waals surface area contributed by atoms with Crippen molar-refractivity contribution in [1.29, 1.82) is 0 Å². The second-order valence-corrected chi connectivity index (χ2v) is 5.79. The third-order valence-electron chi connectivity index (χ3n) is 3.09. The number of benzene rings is 1. The largest absolute Gasteiger partial charge is 0.465 e. The maximum absolute atomic E-state index is 11.4. The van der Waals surface area contributed by atoms with Gasteiger partial charge in [-0.25, -0.2) is 9.78 Å². The number of hydrogen-bond donors (Lipinski definition) is 0. The van der Waals surface area contributed by atoms with E-state index in [1.54, 1.807) is 0 Å². The summed E-state index contributed by atoms with van der Waals surface area (Å²) in [5, 5.41) is 1.47. The zero-order valence-electron chi connectivity index (χ0n) is 11.5. The Morgan fingerprint density at radius 3 is 2.90 bits per heavy atom. The van der Waals surface area contributed by atoms with E-state index in [4.69, 9.17) is 11.6 Å². The van der Waals surface area contributed by atoms with E-state index >= 15 is 0 Å². The van der Waals surface area contributed by atoms with Crippen LogP contribution in [0.5, 0.6) is 0 Å². The normalized spacial score (nSPS) is 12.0. The van der Waals surface area contributed by atoms with Crippen LogP contribution < -0.4 is 4.90 Å². The summed E-state index contributed by atoms with van der Waals surface area (Å²) in [5.41, 5.74) is 1.09. The Labute approximate surface area is 127 Å². The first-order valence-electron chi connectivity index (χ1n) is 6.05. The molecule has 0 saturated heterocycles. The van der Waals surface area contributed by atoms with Crippen molar-refractivity contribution in [1.82, 2.24) is 4.98 Å². The molecule has 1 atom stereocenters. The Balaban J connectivity index is 2.20. The van der Waals surface area contributed by atoms with Gasteiger partial charge >= 0.3 is 5.97 Å². The smallest absolute Gasteiger partial charge is 0.349 e. The second kappa shape index (κ2) is 6.24. The van der Waals surface area contributed by atoms with Crippen molar-refractivity contribution in [3.8, 4) is 0 Å². The van der Waals surface area contributed by atoms with Gasteiger partial charge in [-0.2, -0.15) is 0 Å². The van der Waals surface area contributed by atoms with Gasteiger partial charge in [0.05, 0.1) is 19.3 Å². The Bertz CT molecular complexity index is 615. The van der Waals surface area contributed by atoms with Gasteiger partial charge in [0.25, 0.3) is 0 Å². The van der Waals surface area contributed by atoms with Crippen molar-refractivity contribution in [2.45, 2.75) is 13.0 Å². The number of ether oxygens (including phenoxy) is 1. The molecular weight excluding hydrogens is 296 g/mol. The summed E-state index contributed by atoms with van der Waals surface area (Å²) in [7, 11) is 3.30. The SMILES string of the molecule is COC(=O)c1cnc(N(C)C(C)c2cccc(Cl)c2)s1. The van der Waals surface area contributed by atoms with Crippen LogP contribution in [-0.4, -0.2) is 25.1 Å². The van der Waals surface area contributed by atoms with Crippen LogP contribution in [0.4, 0.5) is 5.13 Å². The number of hydrogen-bond acceptors (Lipinski definition) is 5. The summed E-state index contributed by atoms with van der Waals surface area (Å²) in [6.07, 6.45) is 1.53. The summed E-state index contributed by atoms with van der Waals surface area (Å²) in [6.45, 7) is 2.06. The lowest BCUT2D eigenvalue weighted by molar-refractivity contribution is 0.0606. The molecule has 0 aliphatic carbocycles. The molecule has 106 valence electrons. The standard InChI is InChI=1S/C14H15ClN2O2S/c1-9(10-5-4-6-11(15)7-10)17(2)14-16-8-12(20-14)13(18)19-3/h4-9H,1-3H3. The summed E-state index contributed by atoms with van der Waals surface area (Å²) >= 11 is 7.32. The monoisotopic (exact) mass is 310 g/mol. The van der Waals surface area contributed by atoms with E-state index in [-0.39, 0.29) is 12.0 Å². The molecule has 0 saturated carbocycles. The predicted octanol–water partition coefficient (Wildman–Crippen LogP) is 3.78. The Hall–Kier alpha value is -1.59. The number of nitrogens with zero attached hydrogens (tertiary/aromatic N) is 2. The van der Waals surface area contributed by atoms with Gasteiger partial charge in [0.15, 0.2) is 5.13 Å². The van der Waals surface area contributed by atoms with Gasteiger partial charge in [-0.3, -0.25) is 0 Å². The number of aromatic nitrogens is 1. The minimum Gasteiger partial charge on any atom is -0.465 e. The molecule has 2 rings (SSSR count). The number of carbonyl (C=O) groups excluding carboxylic acids is 1. The van der Waals surface area contributed by atoms with Gasteiger partial charge in [0.2, 0.25) is 0 Å². The topological polar surface area (TPSA) is 42.4 Å². The van der Waals surface area contributed by atoms with E-state index in [1.165, 1.54) is 24.6 Å². The molecule has 0 fully saturated rings. The van der Waals surface area contributed by atoms with Crippen molar-refractivity contribution < 1.29 is 9.53 Å². The van der Waals surface area contributed by atoms with Gasteiger partial charge in [-0.15, -0.1) is 0 Å². The Morgan fingerprint density at radius 1 is 1.50 bits per heavy atom. The zero-order valence-corrected chi connectivity index (χ0v) is 13.0. The molecular formula is C14H15ClN2O2S. The molecule has 0 N–H and O–H groups in total. The molecule has 1 aromatic carbocycles. The third kappa shape index (κ3) is 3.11. The van der Waals surface area contributed by atoms with Crippen LogP contribution in [0.1, 0.15) is 28.2 Å². The van der Waals surface area contributed by atoms with Gasteiger partial charge in [-0.1, -0.05) is 35.1 Å². The highest BCUT2D eigenvalue weighted by atomic mass is 35.5. The number of methoxy groups -OCH3 is 1. The summed E-state index contributed by atoms with van der Waals surface area (Å²) < 4.78 is 4.69. The van der Waals surface area contributed by atoms with Crippen LogP contribution in [0, 0.1) is 0 Å². The quantitative estimate of drug-likeness (QED) is 0.806. The van der Waals surface area contributed by atoms with Gasteiger partial charge in [0, 0.05) is 12.1 Å². The molecule has 4 nitrogen and oxygen atoms in total. The predicted molar refractivity (Wildman–Crippen MR) is 81.7 cm³/mol. The Morgan fingerprint density at radius 2 is 2.25 bits per heavy atom. The molecule has 0 bridgehead atoms. The zero-order chi connectivity index (χ0) is 14.7. The number of thiazole rings is 1. The highest BCUT2D eigenvalue weighted by Gasteiger charge is 2.18. The van der Waals surface area contributed by atoms with Crippen molar-refractivity contribution >= 4 is 34.0 Å². The molecule has 0 amide bonds. The molecule has 1 unspecified atom stereocenters. The molecule has 2 aromatic rings. The lowest BCUT2D eigenvalue weighted by Gasteiger charge is -2.24. The summed E-state index contributed by atoms with van der Waals surface area (Å²) in [5.74, 6) is -0.363. The fraction of sp³-hybridized carbons (Fsp3) is 0.286. The first-order chi connectivity index (χ1) is 9.52. The maximum Gasteiger partial charge on any atom is 0.349 e. The van der Waals surface area contributed by atoms with E-state index < -0.39 is 0 Å². The number of anilines is 1. The van der Waals surface area contributed by atoms with Crippen molar-refractivity contribution in [3.63, 3.8) is 0 Å². The number of carbonyl (C=O) groups is 1. The van der Waals surface area contributed by atoms with Gasteiger partial charge in [-0.05, 0) is 24.6 Å². The van der Waals surface area contributed by atoms with Crippen molar-refractivity contribution in [2.75, 3.05) is 19.1 Å². The minimum absolute atomic E-state index is 0.102. The average Bonchev–Trinajstić information content (AvgIpc) is 2.94. The molecule has 1 aromatic heterocycles. The van der Waals surface area contributed by atoms with Crippen LogP contribution in [0.25, 0.3) is 0 Å². The fourth-order valence-corrected chi connectivity index (χ4v) is 2.85. The first kappa shape index (κ1) is 14.8. The molecule has 6 heteroatoms. The highest BCUT2D eigenvalue weighted by Crippen LogP contribution is 2.30. The van der Waals surface area contributed by atoms with Crippen molar-refractivity contribution in [2.24, 2.45) is 0 Å². The summed E-state index contributed by atoms with van der Waals surface area (Å²) in [6, 6.07) is 7.81. The number of halogens is 1. The van der Waals surface area contributed by atoms with Crippen molar-refractivity contribution in [3.05, 3.63) is 45.9 Å². The molecule has 0 radical (unpaired) electrons. The Kier molecular flexibility index (Phi) is 4.62. The van der Waals surface area contributed by atoms with E-state index in [2.05, 4.69) is 16.6 Å². The molecule has 0 aliphatic rings. The lowest BCUT2D eigenvalue weighted by atomic mass is 10.1. The van der Waals surface area contributed by atoms with Crippen LogP contribution in [0.3, 0.4) is 0 Å². The lowest BCUT2D eigenvalue weighted by Crippen LogP contribution is -2.21. The number of rotatable bonds is 4. The minimum atomic E-state index is -0.363. The molecule has 0 spiro atoms. The fourth-order valence-electron chi connectivity index (χ4n) is 1.78.